The van der Waals surface area contributed by atoms with Gasteiger partial charge in [-0.15, -0.1) is 0 Å². The number of piperidine rings is 2. The number of aromatic nitrogens is 2. The van der Waals surface area contributed by atoms with E-state index >= 15 is 0 Å². The number of anilines is 3. The molecule has 5 rings (SSSR count). The van der Waals surface area contributed by atoms with E-state index in [2.05, 4.69) is 50.4 Å². The Balaban J connectivity index is 1.23. The van der Waals surface area contributed by atoms with E-state index < -0.39 is 0 Å². The molecule has 0 bridgehead atoms. The molecule has 168 valence electrons. The smallest absolute Gasteiger partial charge is 0.183 e. The van der Waals surface area contributed by atoms with Crippen molar-refractivity contribution in [1.29, 1.82) is 5.26 Å². The minimum Gasteiger partial charge on any atom is -0.355 e. The van der Waals surface area contributed by atoms with Gasteiger partial charge in [0.25, 0.3) is 0 Å². The minimum atomic E-state index is 0.342. The normalized spacial score (nSPS) is 20.9. The van der Waals surface area contributed by atoms with Gasteiger partial charge >= 0.3 is 0 Å². The predicted octanol–water partition coefficient (Wildman–Crippen LogP) is 5.20. The maximum Gasteiger partial charge on any atom is 0.183 e. The molecule has 0 unspecified atom stereocenters. The average Bonchev–Trinajstić information content (AvgIpc) is 3.40. The van der Waals surface area contributed by atoms with Gasteiger partial charge in [0, 0.05) is 24.8 Å². The van der Waals surface area contributed by atoms with Crippen molar-refractivity contribution in [3.63, 3.8) is 0 Å². The molecule has 1 aromatic heterocycles. The number of nitrogens with one attached hydrogen (secondary N) is 1. The van der Waals surface area contributed by atoms with Crippen LogP contribution in [-0.4, -0.2) is 47.1 Å². The topological polar surface area (TPSA) is 68.1 Å². The van der Waals surface area contributed by atoms with Crippen LogP contribution in [0.5, 0.6) is 0 Å². The van der Waals surface area contributed by atoms with Gasteiger partial charge in [-0.25, -0.2) is 9.97 Å². The summed E-state index contributed by atoms with van der Waals surface area (Å²) in [5, 5.41) is 12.8. The SMILES string of the molecule is N#Cc1ncc(N2CCCCC2)nc1Nc1ccc(C2CCN(C3CCCC3)CC2)cc1. The summed E-state index contributed by atoms with van der Waals surface area (Å²) in [6.07, 6.45) is 13.5. The molecular weight excluding hydrogens is 396 g/mol. The molecule has 32 heavy (non-hydrogen) atoms. The second-order valence-electron chi connectivity index (χ2n) is 9.58. The number of nitrogens with zero attached hydrogens (tertiary/aromatic N) is 5. The van der Waals surface area contributed by atoms with Crippen LogP contribution >= 0.6 is 0 Å². The van der Waals surface area contributed by atoms with Crippen molar-refractivity contribution in [2.24, 2.45) is 0 Å². The van der Waals surface area contributed by atoms with E-state index in [9.17, 15) is 5.26 Å². The molecule has 2 aromatic rings. The van der Waals surface area contributed by atoms with Gasteiger partial charge in [-0.05, 0) is 81.6 Å². The Morgan fingerprint density at radius 1 is 0.875 bits per heavy atom. The van der Waals surface area contributed by atoms with Crippen LogP contribution in [0.4, 0.5) is 17.3 Å². The van der Waals surface area contributed by atoms with E-state index in [1.54, 1.807) is 6.20 Å². The third kappa shape index (κ3) is 4.73. The maximum atomic E-state index is 9.50. The van der Waals surface area contributed by atoms with E-state index in [1.807, 2.05) is 0 Å². The Hall–Kier alpha value is -2.65. The van der Waals surface area contributed by atoms with Crippen LogP contribution in [0.1, 0.15) is 75.0 Å². The summed E-state index contributed by atoms with van der Waals surface area (Å²) in [7, 11) is 0. The lowest BCUT2D eigenvalue weighted by Crippen LogP contribution is -2.39. The van der Waals surface area contributed by atoms with Gasteiger partial charge in [0.2, 0.25) is 0 Å². The summed E-state index contributed by atoms with van der Waals surface area (Å²) in [6.45, 7) is 4.49. The molecule has 1 aliphatic carbocycles. The van der Waals surface area contributed by atoms with Crippen LogP contribution in [0, 0.1) is 11.3 Å². The summed E-state index contributed by atoms with van der Waals surface area (Å²) in [4.78, 5) is 14.1. The molecule has 2 aliphatic heterocycles. The fraction of sp³-hybridized carbons (Fsp3) is 0.577. The Morgan fingerprint density at radius 3 is 2.28 bits per heavy atom. The molecule has 0 radical (unpaired) electrons. The highest BCUT2D eigenvalue weighted by atomic mass is 15.2. The van der Waals surface area contributed by atoms with Crippen LogP contribution in [0.25, 0.3) is 0 Å². The first-order chi connectivity index (χ1) is 15.8. The van der Waals surface area contributed by atoms with Crippen molar-refractivity contribution in [1.82, 2.24) is 14.9 Å². The fourth-order valence-electron chi connectivity index (χ4n) is 5.67. The molecule has 1 N–H and O–H groups in total. The quantitative estimate of drug-likeness (QED) is 0.703. The summed E-state index contributed by atoms with van der Waals surface area (Å²) in [6, 6.07) is 11.7. The lowest BCUT2D eigenvalue weighted by atomic mass is 9.88. The summed E-state index contributed by atoms with van der Waals surface area (Å²) < 4.78 is 0. The molecule has 0 atom stereocenters. The first kappa shape index (κ1) is 21.2. The maximum absolute atomic E-state index is 9.50. The molecule has 6 nitrogen and oxygen atoms in total. The number of benzene rings is 1. The summed E-state index contributed by atoms with van der Waals surface area (Å²) >= 11 is 0. The van der Waals surface area contributed by atoms with Crippen LogP contribution in [0.2, 0.25) is 0 Å². The van der Waals surface area contributed by atoms with Gasteiger partial charge in [-0.3, -0.25) is 0 Å². The zero-order valence-corrected chi connectivity index (χ0v) is 19.0. The first-order valence-electron chi connectivity index (χ1n) is 12.4. The van der Waals surface area contributed by atoms with Crippen LogP contribution in [0.15, 0.2) is 30.5 Å². The van der Waals surface area contributed by atoms with Crippen LogP contribution in [0.3, 0.4) is 0 Å². The predicted molar refractivity (Wildman–Crippen MR) is 128 cm³/mol. The molecule has 6 heteroatoms. The van der Waals surface area contributed by atoms with Crippen molar-refractivity contribution in [2.75, 3.05) is 36.4 Å². The average molecular weight is 431 g/mol. The summed E-state index contributed by atoms with van der Waals surface area (Å²) in [5.74, 6) is 2.06. The monoisotopic (exact) mass is 430 g/mol. The third-order valence-electron chi connectivity index (χ3n) is 7.56. The lowest BCUT2D eigenvalue weighted by molar-refractivity contribution is 0.154. The van der Waals surface area contributed by atoms with E-state index in [0.717, 1.165) is 30.6 Å². The molecule has 3 fully saturated rings. The number of hydrogen-bond acceptors (Lipinski definition) is 6. The van der Waals surface area contributed by atoms with Gasteiger partial charge in [-0.1, -0.05) is 25.0 Å². The van der Waals surface area contributed by atoms with Gasteiger partial charge in [-0.2, -0.15) is 5.26 Å². The zero-order valence-electron chi connectivity index (χ0n) is 19.0. The molecule has 0 spiro atoms. The molecule has 1 saturated carbocycles. The number of hydrogen-bond donors (Lipinski definition) is 1. The van der Waals surface area contributed by atoms with Crippen molar-refractivity contribution in [3.8, 4) is 6.07 Å². The van der Waals surface area contributed by atoms with Crippen molar-refractivity contribution in [2.45, 2.75) is 69.7 Å². The fourth-order valence-corrected chi connectivity index (χ4v) is 5.67. The standard InChI is InChI=1S/C26H34N6/c27-18-24-26(30-25(19-28-24)32-14-4-1-5-15-32)29-22-10-8-20(9-11-22)21-12-16-31(17-13-21)23-6-2-3-7-23/h8-11,19,21,23H,1-7,12-17H2,(H,29,30). The van der Waals surface area contributed by atoms with Gasteiger partial charge < -0.3 is 15.1 Å². The highest BCUT2D eigenvalue weighted by Crippen LogP contribution is 2.33. The van der Waals surface area contributed by atoms with Gasteiger partial charge in [0.1, 0.15) is 11.9 Å². The van der Waals surface area contributed by atoms with E-state index in [4.69, 9.17) is 4.98 Å². The van der Waals surface area contributed by atoms with Crippen molar-refractivity contribution < 1.29 is 0 Å². The molecule has 2 saturated heterocycles. The second kappa shape index (κ2) is 9.87. The van der Waals surface area contributed by atoms with Crippen LogP contribution < -0.4 is 10.2 Å². The second-order valence-corrected chi connectivity index (χ2v) is 9.58. The number of likely N-dealkylation sites (tertiary alicyclic amines) is 1. The van der Waals surface area contributed by atoms with Crippen molar-refractivity contribution in [3.05, 3.63) is 41.7 Å². The van der Waals surface area contributed by atoms with E-state index in [1.165, 1.54) is 76.4 Å². The Labute approximate surface area is 191 Å². The minimum absolute atomic E-state index is 0.342. The van der Waals surface area contributed by atoms with Gasteiger partial charge in [0.05, 0.1) is 6.20 Å². The number of nitriles is 1. The lowest BCUT2D eigenvalue weighted by Gasteiger charge is -2.36. The Bertz CT molecular complexity index is 930. The first-order valence-corrected chi connectivity index (χ1v) is 12.4. The highest BCUT2D eigenvalue weighted by Gasteiger charge is 2.27. The zero-order chi connectivity index (χ0) is 21.8. The van der Waals surface area contributed by atoms with E-state index in [0.29, 0.717) is 17.4 Å². The Morgan fingerprint density at radius 2 is 1.59 bits per heavy atom. The van der Waals surface area contributed by atoms with Gasteiger partial charge in [0.15, 0.2) is 11.5 Å². The Kier molecular flexibility index (Phi) is 6.54. The van der Waals surface area contributed by atoms with Crippen molar-refractivity contribution >= 4 is 17.3 Å². The molecule has 3 heterocycles. The van der Waals surface area contributed by atoms with E-state index in [-0.39, 0.29) is 0 Å². The van der Waals surface area contributed by atoms with Crippen LogP contribution in [-0.2, 0) is 0 Å². The molecule has 1 aromatic carbocycles. The highest BCUT2D eigenvalue weighted by molar-refractivity contribution is 5.63. The third-order valence-corrected chi connectivity index (χ3v) is 7.56. The summed E-state index contributed by atoms with van der Waals surface area (Å²) in [5.41, 5.74) is 2.73. The molecular formula is C26H34N6. The molecule has 3 aliphatic rings. The number of rotatable bonds is 5. The molecule has 0 amide bonds. The largest absolute Gasteiger partial charge is 0.355 e.